The van der Waals surface area contributed by atoms with Gasteiger partial charge in [0.05, 0.1) is 12.5 Å². The number of hydrogen-bond donors (Lipinski definition) is 3. The molecule has 1 saturated heterocycles. The second-order valence-corrected chi connectivity index (χ2v) is 8.33. The van der Waals surface area contributed by atoms with Crippen LogP contribution in [-0.4, -0.2) is 36.4 Å². The number of piperidine rings is 1. The van der Waals surface area contributed by atoms with Gasteiger partial charge < -0.3 is 16.4 Å². The Bertz CT molecular complexity index is 901. The monoisotopic (exact) mass is 549 g/mol. The van der Waals surface area contributed by atoms with Crippen LogP contribution < -0.4 is 16.4 Å². The maximum absolute atomic E-state index is 11.5. The molecule has 2 aromatic rings. The number of nitrogens with one attached hydrogen (secondary N) is 2. The van der Waals surface area contributed by atoms with E-state index in [1.54, 1.807) is 0 Å². The van der Waals surface area contributed by atoms with Gasteiger partial charge in [0, 0.05) is 26.2 Å². The molecule has 0 aromatic heterocycles. The van der Waals surface area contributed by atoms with Crippen LogP contribution in [-0.2, 0) is 24.4 Å². The molecule has 0 bridgehead atoms. The Balaban J connectivity index is 0.00000363. The highest BCUT2D eigenvalue weighted by molar-refractivity contribution is 14.0. The summed E-state index contributed by atoms with van der Waals surface area (Å²) < 4.78 is 0. The minimum atomic E-state index is -0.177. The van der Waals surface area contributed by atoms with Gasteiger partial charge in [-0.3, -0.25) is 9.69 Å². The molecule has 6 nitrogen and oxygen atoms in total. The molecule has 7 heteroatoms. The summed E-state index contributed by atoms with van der Waals surface area (Å²) >= 11 is 0. The van der Waals surface area contributed by atoms with Crippen molar-refractivity contribution in [3.63, 3.8) is 0 Å². The van der Waals surface area contributed by atoms with Crippen LogP contribution in [0.1, 0.15) is 42.0 Å². The van der Waals surface area contributed by atoms with Crippen molar-refractivity contribution in [1.29, 1.82) is 0 Å². The fourth-order valence-corrected chi connectivity index (χ4v) is 4.04. The number of carbonyl (C=O) groups is 1. The molecular formula is C25H36IN5O. The van der Waals surface area contributed by atoms with Crippen LogP contribution in [0.2, 0.25) is 0 Å². The number of aliphatic imine (C=N–C) groups is 1. The van der Waals surface area contributed by atoms with E-state index in [4.69, 9.17) is 10.7 Å². The number of likely N-dealkylation sites (tertiary alicyclic amines) is 1. The molecule has 174 valence electrons. The van der Waals surface area contributed by atoms with Crippen molar-refractivity contribution in [3.8, 4) is 0 Å². The standard InChI is InChI=1S/C25H35N5O.HI/c1-3-27-25(28-15-20-8-4-7-19(2)13-20)29-16-21-9-5-10-22(14-21)17-30-12-6-11-23(18-30)24(26)31;/h4-5,7-10,13-14,23H,3,6,11-12,15-18H2,1-2H3,(H2,26,31)(H2,27,28,29);1H. The van der Waals surface area contributed by atoms with E-state index in [0.717, 1.165) is 45.0 Å². The minimum absolute atomic E-state index is 0. The summed E-state index contributed by atoms with van der Waals surface area (Å²) in [5, 5.41) is 6.76. The zero-order valence-corrected chi connectivity index (χ0v) is 21.5. The number of carbonyl (C=O) groups excluding carboxylic acids is 1. The first-order chi connectivity index (χ1) is 15.0. The lowest BCUT2D eigenvalue weighted by atomic mass is 9.97. The van der Waals surface area contributed by atoms with Gasteiger partial charge in [0.1, 0.15) is 0 Å². The molecule has 1 unspecified atom stereocenters. The molecule has 0 aliphatic carbocycles. The van der Waals surface area contributed by atoms with E-state index in [1.807, 2.05) is 0 Å². The van der Waals surface area contributed by atoms with E-state index in [9.17, 15) is 4.79 Å². The third-order valence-electron chi connectivity index (χ3n) is 5.61. The predicted molar refractivity (Wildman–Crippen MR) is 142 cm³/mol. The van der Waals surface area contributed by atoms with Crippen molar-refractivity contribution < 1.29 is 4.79 Å². The highest BCUT2D eigenvalue weighted by Crippen LogP contribution is 2.18. The Morgan fingerprint density at radius 1 is 1.12 bits per heavy atom. The van der Waals surface area contributed by atoms with Crippen LogP contribution in [0.3, 0.4) is 0 Å². The van der Waals surface area contributed by atoms with Crippen LogP contribution >= 0.6 is 24.0 Å². The van der Waals surface area contributed by atoms with Gasteiger partial charge in [-0.05, 0) is 49.9 Å². The summed E-state index contributed by atoms with van der Waals surface area (Å²) in [6.45, 7) is 8.96. The topological polar surface area (TPSA) is 82.8 Å². The molecule has 4 N–H and O–H groups in total. The number of nitrogens with two attached hydrogens (primary N) is 1. The second kappa shape index (κ2) is 13.4. The van der Waals surface area contributed by atoms with Crippen molar-refractivity contribution in [2.45, 2.75) is 46.3 Å². The molecule has 0 saturated carbocycles. The highest BCUT2D eigenvalue weighted by atomic mass is 127. The highest BCUT2D eigenvalue weighted by Gasteiger charge is 2.23. The summed E-state index contributed by atoms with van der Waals surface area (Å²) in [6.07, 6.45) is 1.93. The molecule has 32 heavy (non-hydrogen) atoms. The Morgan fingerprint density at radius 3 is 2.62 bits per heavy atom. The summed E-state index contributed by atoms with van der Waals surface area (Å²) in [6, 6.07) is 17.0. The third kappa shape index (κ3) is 8.43. The molecule has 3 rings (SSSR count). The van der Waals surface area contributed by atoms with Crippen LogP contribution in [0.4, 0.5) is 0 Å². The average molecular weight is 550 g/mol. The van der Waals surface area contributed by atoms with Crippen molar-refractivity contribution >= 4 is 35.8 Å². The van der Waals surface area contributed by atoms with Crippen molar-refractivity contribution in [1.82, 2.24) is 15.5 Å². The number of primary amides is 1. The van der Waals surface area contributed by atoms with E-state index >= 15 is 0 Å². The molecular weight excluding hydrogens is 513 g/mol. The third-order valence-corrected chi connectivity index (χ3v) is 5.61. The lowest BCUT2D eigenvalue weighted by Gasteiger charge is -2.31. The van der Waals surface area contributed by atoms with Gasteiger partial charge in [-0.1, -0.05) is 54.1 Å². The maximum Gasteiger partial charge on any atom is 0.221 e. The van der Waals surface area contributed by atoms with Gasteiger partial charge in [-0.15, -0.1) is 24.0 Å². The summed E-state index contributed by atoms with van der Waals surface area (Å²) in [7, 11) is 0. The number of benzene rings is 2. The fraction of sp³-hybridized carbons (Fsp3) is 0.440. The van der Waals surface area contributed by atoms with Gasteiger partial charge in [0.25, 0.3) is 0 Å². The average Bonchev–Trinajstić information content (AvgIpc) is 2.76. The van der Waals surface area contributed by atoms with Crippen LogP contribution in [0.15, 0.2) is 53.5 Å². The van der Waals surface area contributed by atoms with E-state index in [2.05, 4.69) is 77.9 Å². The number of amides is 1. The number of rotatable bonds is 8. The summed E-state index contributed by atoms with van der Waals surface area (Å²) in [5.74, 6) is 0.615. The maximum atomic E-state index is 11.5. The summed E-state index contributed by atoms with van der Waals surface area (Å²) in [5.41, 5.74) is 10.4. The molecule has 1 aliphatic heterocycles. The van der Waals surface area contributed by atoms with Gasteiger partial charge in [-0.2, -0.15) is 0 Å². The number of halogens is 1. The molecule has 1 aliphatic rings. The first-order valence-corrected chi connectivity index (χ1v) is 11.2. The molecule has 1 atom stereocenters. The Morgan fingerprint density at radius 2 is 1.88 bits per heavy atom. The van der Waals surface area contributed by atoms with E-state index < -0.39 is 0 Å². The zero-order valence-electron chi connectivity index (χ0n) is 19.1. The van der Waals surface area contributed by atoms with Gasteiger partial charge in [0.2, 0.25) is 5.91 Å². The van der Waals surface area contributed by atoms with E-state index in [1.165, 1.54) is 22.3 Å². The second-order valence-electron chi connectivity index (χ2n) is 8.33. The van der Waals surface area contributed by atoms with E-state index in [0.29, 0.717) is 13.1 Å². The SMILES string of the molecule is CCNC(=NCc1cccc(C)c1)NCc1cccc(CN2CCCC(C(N)=O)C2)c1.I. The smallest absolute Gasteiger partial charge is 0.221 e. The van der Waals surface area contributed by atoms with Crippen molar-refractivity contribution in [3.05, 3.63) is 70.8 Å². The van der Waals surface area contributed by atoms with Crippen LogP contribution in [0.5, 0.6) is 0 Å². The Hall–Kier alpha value is -2.13. The lowest BCUT2D eigenvalue weighted by Crippen LogP contribution is -2.40. The van der Waals surface area contributed by atoms with Crippen molar-refractivity contribution in [2.24, 2.45) is 16.6 Å². The molecule has 1 fully saturated rings. The molecule has 0 spiro atoms. The normalized spacial score (nSPS) is 16.8. The first kappa shape index (κ1) is 26.1. The van der Waals surface area contributed by atoms with Gasteiger partial charge >= 0.3 is 0 Å². The number of hydrogen-bond acceptors (Lipinski definition) is 3. The molecule has 0 radical (unpaired) electrons. The Labute approximate surface area is 209 Å². The summed E-state index contributed by atoms with van der Waals surface area (Å²) in [4.78, 5) is 18.6. The zero-order chi connectivity index (χ0) is 22.1. The quantitative estimate of drug-likeness (QED) is 0.267. The van der Waals surface area contributed by atoms with Gasteiger partial charge in [0.15, 0.2) is 5.96 Å². The number of guanidine groups is 1. The number of nitrogens with zero attached hydrogens (tertiary/aromatic N) is 2. The molecule has 1 heterocycles. The van der Waals surface area contributed by atoms with Crippen molar-refractivity contribution in [2.75, 3.05) is 19.6 Å². The van der Waals surface area contributed by atoms with Crippen LogP contribution in [0, 0.1) is 12.8 Å². The van der Waals surface area contributed by atoms with E-state index in [-0.39, 0.29) is 35.8 Å². The van der Waals surface area contributed by atoms with Crippen LogP contribution in [0.25, 0.3) is 0 Å². The Kier molecular flexibility index (Phi) is 11.0. The molecule has 2 aromatic carbocycles. The fourth-order valence-electron chi connectivity index (χ4n) is 4.04. The predicted octanol–water partition coefficient (Wildman–Crippen LogP) is 3.57. The largest absolute Gasteiger partial charge is 0.369 e. The minimum Gasteiger partial charge on any atom is -0.369 e. The van der Waals surface area contributed by atoms with Gasteiger partial charge in [-0.25, -0.2) is 4.99 Å². The lowest BCUT2D eigenvalue weighted by molar-refractivity contribution is -0.123. The molecule has 1 amide bonds. The number of aryl methyl sites for hydroxylation is 1. The first-order valence-electron chi connectivity index (χ1n) is 11.2.